The zero-order chi connectivity index (χ0) is 15.7. The first-order valence-corrected chi connectivity index (χ1v) is 4.02. The normalized spacial score (nSPS) is 36.0. The van der Waals surface area contributed by atoms with E-state index >= 15 is 0 Å². The highest BCUT2D eigenvalue weighted by Gasteiger charge is 2.95. The molecule has 1 atom stereocenters. The van der Waals surface area contributed by atoms with Crippen LogP contribution >= 0.6 is 0 Å². The topological polar surface area (TPSA) is 12.0 Å². The Morgan fingerprint density at radius 3 is 1.26 bits per heavy atom. The van der Waals surface area contributed by atoms with Crippen LogP contribution < -0.4 is 5.32 Å². The molecule has 0 aromatic carbocycles. The Balaban J connectivity index is 3.60. The van der Waals surface area contributed by atoms with Crippen LogP contribution in [0.2, 0.25) is 0 Å². The molecule has 1 aliphatic heterocycles. The molecule has 1 heterocycles. The highest BCUT2D eigenvalue weighted by molar-refractivity contribution is 5.18. The largest absolute Gasteiger partial charge is 0.443 e. The van der Waals surface area contributed by atoms with Crippen molar-refractivity contribution in [2.24, 2.45) is 0 Å². The van der Waals surface area contributed by atoms with E-state index in [1.54, 1.807) is 0 Å². The van der Waals surface area contributed by atoms with Crippen LogP contribution in [0, 0.1) is 0 Å². The predicted molar refractivity (Wildman–Crippen MR) is 32.8 cm³/mol. The number of hydrogen-bond donors (Lipinski definition) is 1. The summed E-state index contributed by atoms with van der Waals surface area (Å²) in [6, 6.07) is -6.55. The van der Waals surface area contributed by atoms with Gasteiger partial charge in [0.2, 0.25) is 0 Å². The SMILES string of the molecule is FC(F)(F)C1(F)NC(F)(F)C(F)(F)C(F)(F)C1(F)F. The Kier molecular flexibility index (Phi) is 2.90. The van der Waals surface area contributed by atoms with Crippen molar-refractivity contribution < 1.29 is 52.7 Å². The van der Waals surface area contributed by atoms with Crippen molar-refractivity contribution in [1.29, 1.82) is 0 Å². The Morgan fingerprint density at radius 2 is 0.947 bits per heavy atom. The molecule has 1 aliphatic rings. The monoisotopic (exact) mass is 315 g/mol. The van der Waals surface area contributed by atoms with E-state index in [0.29, 0.717) is 0 Å². The summed E-state index contributed by atoms with van der Waals surface area (Å²) in [6.07, 6.45) is -7.00. The Bertz CT molecular complexity index is 382. The van der Waals surface area contributed by atoms with Crippen LogP contribution in [0.25, 0.3) is 0 Å². The molecule has 0 saturated carbocycles. The number of hydrogen-bond acceptors (Lipinski definition) is 1. The van der Waals surface area contributed by atoms with Crippen LogP contribution in [0.15, 0.2) is 0 Å². The molecule has 0 amide bonds. The Hall–Kier alpha value is -0.880. The van der Waals surface area contributed by atoms with Gasteiger partial charge < -0.3 is 0 Å². The van der Waals surface area contributed by atoms with E-state index in [-0.39, 0.29) is 0 Å². The first-order chi connectivity index (χ1) is 7.96. The lowest BCUT2D eigenvalue weighted by Gasteiger charge is -2.49. The maximum absolute atomic E-state index is 12.9. The van der Waals surface area contributed by atoms with Crippen molar-refractivity contribution >= 4 is 0 Å². The average molecular weight is 315 g/mol. The lowest BCUT2D eigenvalue weighted by molar-refractivity contribution is -0.470. The molecular weight excluding hydrogens is 314 g/mol. The molecule has 0 bridgehead atoms. The van der Waals surface area contributed by atoms with Gasteiger partial charge in [0.25, 0.3) is 0 Å². The van der Waals surface area contributed by atoms with Gasteiger partial charge in [-0.05, 0) is 0 Å². The van der Waals surface area contributed by atoms with Gasteiger partial charge in [0.15, 0.2) is 0 Å². The molecule has 1 unspecified atom stereocenters. The second-order valence-electron chi connectivity index (χ2n) is 3.58. The average Bonchev–Trinajstić information content (AvgIpc) is 2.12. The molecular formula is C6HF12N. The van der Waals surface area contributed by atoms with E-state index < -0.39 is 41.1 Å². The molecule has 0 aromatic rings. The van der Waals surface area contributed by atoms with Crippen LogP contribution in [0.3, 0.4) is 0 Å². The number of rotatable bonds is 0. The Morgan fingerprint density at radius 1 is 0.579 bits per heavy atom. The Labute approximate surface area is 95.1 Å². The van der Waals surface area contributed by atoms with Crippen LogP contribution in [-0.2, 0) is 0 Å². The van der Waals surface area contributed by atoms with Gasteiger partial charge in [-0.25, -0.2) is 9.71 Å². The van der Waals surface area contributed by atoms with Crippen molar-refractivity contribution in [1.82, 2.24) is 5.32 Å². The minimum Gasteiger partial charge on any atom is -0.209 e. The summed E-state index contributed by atoms with van der Waals surface area (Å²) in [5, 5.41) is -1.06. The minimum atomic E-state index is -7.28. The van der Waals surface area contributed by atoms with Crippen molar-refractivity contribution in [2.45, 2.75) is 35.8 Å². The van der Waals surface area contributed by atoms with Gasteiger partial charge in [0, 0.05) is 0 Å². The number of halogens is 12. The van der Waals surface area contributed by atoms with Crippen LogP contribution in [0.1, 0.15) is 0 Å². The summed E-state index contributed by atoms with van der Waals surface area (Å²) < 4.78 is 149. The molecule has 19 heavy (non-hydrogen) atoms. The molecule has 1 fully saturated rings. The minimum absolute atomic E-state index is 1.06. The summed E-state index contributed by atoms with van der Waals surface area (Å²) in [6.45, 7) is 0. The van der Waals surface area contributed by atoms with Crippen molar-refractivity contribution in [3.63, 3.8) is 0 Å². The third-order valence-corrected chi connectivity index (χ3v) is 2.34. The van der Waals surface area contributed by atoms with E-state index in [1.165, 1.54) is 0 Å². The van der Waals surface area contributed by atoms with Gasteiger partial charge in [-0.3, -0.25) is 0 Å². The second kappa shape index (κ2) is 3.41. The van der Waals surface area contributed by atoms with Crippen LogP contribution in [-0.4, -0.2) is 35.8 Å². The molecule has 114 valence electrons. The van der Waals surface area contributed by atoms with E-state index in [1.807, 2.05) is 0 Å². The highest BCUT2D eigenvalue weighted by atomic mass is 19.4. The van der Waals surface area contributed by atoms with Crippen molar-refractivity contribution in [3.05, 3.63) is 0 Å². The van der Waals surface area contributed by atoms with Crippen molar-refractivity contribution in [2.75, 3.05) is 0 Å². The van der Waals surface area contributed by atoms with Gasteiger partial charge in [0.05, 0.1) is 0 Å². The van der Waals surface area contributed by atoms with E-state index in [9.17, 15) is 52.7 Å². The second-order valence-corrected chi connectivity index (χ2v) is 3.58. The summed E-state index contributed by atoms with van der Waals surface area (Å²) >= 11 is 0. The van der Waals surface area contributed by atoms with Gasteiger partial charge in [0.1, 0.15) is 0 Å². The molecule has 1 saturated heterocycles. The van der Waals surface area contributed by atoms with E-state index in [0.717, 1.165) is 0 Å². The maximum atomic E-state index is 12.9. The van der Waals surface area contributed by atoms with Gasteiger partial charge in [-0.15, -0.1) is 0 Å². The molecule has 1 nitrogen and oxygen atoms in total. The standard InChI is InChI=1S/C6HF12N/c7-1(8)2(9,10)4(13,5(14,15)16)19-6(17,18)3(1,11)12/h19H. The lowest BCUT2D eigenvalue weighted by atomic mass is 9.88. The summed E-state index contributed by atoms with van der Waals surface area (Å²) in [4.78, 5) is 0. The number of alkyl halides is 12. The molecule has 0 aromatic heterocycles. The predicted octanol–water partition coefficient (Wildman–Crippen LogP) is 3.32. The molecule has 1 rings (SSSR count). The van der Waals surface area contributed by atoms with Crippen LogP contribution in [0.5, 0.6) is 0 Å². The fourth-order valence-corrected chi connectivity index (χ4v) is 1.23. The fourth-order valence-electron chi connectivity index (χ4n) is 1.23. The summed E-state index contributed by atoms with van der Waals surface area (Å²) in [5.41, 5.74) is 0. The zero-order valence-electron chi connectivity index (χ0n) is 8.04. The van der Waals surface area contributed by atoms with E-state index in [4.69, 9.17) is 0 Å². The zero-order valence-corrected chi connectivity index (χ0v) is 8.04. The number of piperidine rings is 1. The molecule has 0 spiro atoms. The van der Waals surface area contributed by atoms with E-state index in [2.05, 4.69) is 0 Å². The maximum Gasteiger partial charge on any atom is 0.443 e. The third-order valence-electron chi connectivity index (χ3n) is 2.34. The molecule has 1 N–H and O–H groups in total. The smallest absolute Gasteiger partial charge is 0.209 e. The summed E-state index contributed by atoms with van der Waals surface area (Å²) in [5.74, 6) is -28.1. The first kappa shape index (κ1) is 16.2. The lowest BCUT2D eigenvalue weighted by Crippen LogP contribution is -2.85. The van der Waals surface area contributed by atoms with Crippen molar-refractivity contribution in [3.8, 4) is 0 Å². The first-order valence-electron chi connectivity index (χ1n) is 4.02. The van der Waals surface area contributed by atoms with Gasteiger partial charge >= 0.3 is 35.8 Å². The third kappa shape index (κ3) is 1.56. The van der Waals surface area contributed by atoms with Crippen LogP contribution in [0.4, 0.5) is 52.7 Å². The quantitative estimate of drug-likeness (QED) is 0.534. The molecule has 0 radical (unpaired) electrons. The summed E-state index contributed by atoms with van der Waals surface area (Å²) in [7, 11) is 0. The molecule has 13 heteroatoms. The number of nitrogens with one attached hydrogen (secondary N) is 1. The van der Waals surface area contributed by atoms with Gasteiger partial charge in [-0.2, -0.15) is 48.3 Å². The fraction of sp³-hybridized carbons (Fsp3) is 1.00. The molecule has 0 aliphatic carbocycles. The highest BCUT2D eigenvalue weighted by Crippen LogP contribution is 2.62. The van der Waals surface area contributed by atoms with Gasteiger partial charge in [-0.1, -0.05) is 0 Å².